The fourth-order valence-electron chi connectivity index (χ4n) is 1.82. The van der Waals surface area contributed by atoms with Crippen LogP contribution < -0.4 is 4.90 Å². The molecule has 0 amide bonds. The van der Waals surface area contributed by atoms with Crippen molar-refractivity contribution in [1.82, 2.24) is 0 Å². The van der Waals surface area contributed by atoms with Crippen LogP contribution in [0.15, 0.2) is 18.2 Å². The van der Waals surface area contributed by atoms with E-state index in [-0.39, 0.29) is 24.8 Å². The highest BCUT2D eigenvalue weighted by Crippen LogP contribution is 2.33. The SMILES string of the molecule is CC(C)N(CCO)c1ccc(C(F)(F)F)cc1C#N. The summed E-state index contributed by atoms with van der Waals surface area (Å²) in [4.78, 5) is 1.69. The Balaban J connectivity index is 3.26. The number of hydrogen-bond acceptors (Lipinski definition) is 3. The lowest BCUT2D eigenvalue weighted by Gasteiger charge is -2.29. The fraction of sp³-hybridized carbons (Fsp3) is 0.462. The van der Waals surface area contributed by atoms with Crippen molar-refractivity contribution in [3.05, 3.63) is 29.3 Å². The molecule has 0 heterocycles. The quantitative estimate of drug-likeness (QED) is 0.916. The van der Waals surface area contributed by atoms with E-state index in [0.717, 1.165) is 12.1 Å². The number of benzene rings is 1. The molecule has 0 aliphatic carbocycles. The van der Waals surface area contributed by atoms with E-state index in [4.69, 9.17) is 10.4 Å². The Morgan fingerprint density at radius 3 is 2.42 bits per heavy atom. The Morgan fingerprint density at radius 2 is 2.00 bits per heavy atom. The first kappa shape index (κ1) is 15.3. The van der Waals surface area contributed by atoms with E-state index in [2.05, 4.69) is 0 Å². The second-order valence-corrected chi connectivity index (χ2v) is 4.35. The number of nitriles is 1. The molecule has 104 valence electrons. The van der Waals surface area contributed by atoms with E-state index in [9.17, 15) is 13.2 Å². The molecule has 6 heteroatoms. The molecule has 0 aliphatic heterocycles. The lowest BCUT2D eigenvalue weighted by molar-refractivity contribution is -0.137. The van der Waals surface area contributed by atoms with Gasteiger partial charge in [-0.05, 0) is 32.0 Å². The monoisotopic (exact) mass is 272 g/mol. The molecule has 0 fully saturated rings. The minimum Gasteiger partial charge on any atom is -0.395 e. The Hall–Kier alpha value is -1.74. The van der Waals surface area contributed by atoms with Crippen LogP contribution in [0.25, 0.3) is 0 Å². The van der Waals surface area contributed by atoms with Gasteiger partial charge in [-0.15, -0.1) is 0 Å². The number of aliphatic hydroxyl groups excluding tert-OH is 1. The molecule has 1 aromatic carbocycles. The predicted octanol–water partition coefficient (Wildman–Crippen LogP) is 2.78. The zero-order chi connectivity index (χ0) is 14.6. The highest BCUT2D eigenvalue weighted by Gasteiger charge is 2.31. The fourth-order valence-corrected chi connectivity index (χ4v) is 1.82. The third-order valence-electron chi connectivity index (χ3n) is 2.72. The van der Waals surface area contributed by atoms with Gasteiger partial charge >= 0.3 is 6.18 Å². The first-order chi connectivity index (χ1) is 8.81. The highest BCUT2D eigenvalue weighted by atomic mass is 19.4. The number of halogens is 3. The van der Waals surface area contributed by atoms with Crippen LogP contribution in [0.5, 0.6) is 0 Å². The van der Waals surface area contributed by atoms with E-state index < -0.39 is 11.7 Å². The smallest absolute Gasteiger partial charge is 0.395 e. The Labute approximate surface area is 109 Å². The summed E-state index contributed by atoms with van der Waals surface area (Å²) in [6, 6.07) is 4.80. The summed E-state index contributed by atoms with van der Waals surface area (Å²) in [5.41, 5.74) is -0.489. The minimum absolute atomic E-state index is 0.0315. The van der Waals surface area contributed by atoms with E-state index in [0.29, 0.717) is 5.69 Å². The molecule has 1 aromatic rings. The second kappa shape index (κ2) is 5.93. The number of alkyl halides is 3. The van der Waals surface area contributed by atoms with Crippen LogP contribution in [0.4, 0.5) is 18.9 Å². The molecule has 0 aliphatic rings. The van der Waals surface area contributed by atoms with E-state index in [1.54, 1.807) is 11.0 Å². The Bertz CT molecular complexity index is 478. The van der Waals surface area contributed by atoms with Gasteiger partial charge in [-0.3, -0.25) is 0 Å². The maximum absolute atomic E-state index is 12.6. The van der Waals surface area contributed by atoms with E-state index in [1.807, 2.05) is 13.8 Å². The standard InChI is InChI=1S/C13H15F3N2O/c1-9(2)18(5-6-19)12-4-3-11(13(14,15)16)7-10(12)8-17/h3-4,7,9,19H,5-6H2,1-2H3. The van der Waals surface area contributed by atoms with Crippen molar-refractivity contribution >= 4 is 5.69 Å². The van der Waals surface area contributed by atoms with Crippen LogP contribution in [0, 0.1) is 11.3 Å². The number of anilines is 1. The maximum Gasteiger partial charge on any atom is 0.416 e. The summed E-state index contributed by atoms with van der Waals surface area (Å²) in [5, 5.41) is 18.0. The lowest BCUT2D eigenvalue weighted by atomic mass is 10.1. The predicted molar refractivity (Wildman–Crippen MR) is 65.7 cm³/mol. The number of aliphatic hydroxyl groups is 1. The van der Waals surface area contributed by atoms with Crippen LogP contribution in [0.3, 0.4) is 0 Å². The lowest BCUT2D eigenvalue weighted by Crippen LogP contribution is -2.34. The molecule has 19 heavy (non-hydrogen) atoms. The molecular formula is C13H15F3N2O. The number of rotatable bonds is 4. The summed E-state index contributed by atoms with van der Waals surface area (Å²) in [5.74, 6) is 0. The minimum atomic E-state index is -4.47. The summed E-state index contributed by atoms with van der Waals surface area (Å²) in [7, 11) is 0. The average molecular weight is 272 g/mol. The Morgan fingerprint density at radius 1 is 1.37 bits per heavy atom. The van der Waals surface area contributed by atoms with Crippen LogP contribution >= 0.6 is 0 Å². The van der Waals surface area contributed by atoms with Gasteiger partial charge in [0, 0.05) is 12.6 Å². The average Bonchev–Trinajstić information content (AvgIpc) is 2.33. The number of nitrogens with zero attached hydrogens (tertiary/aromatic N) is 2. The van der Waals surface area contributed by atoms with Crippen LogP contribution in [-0.2, 0) is 6.18 Å². The highest BCUT2D eigenvalue weighted by molar-refractivity contribution is 5.61. The first-order valence-corrected chi connectivity index (χ1v) is 5.80. The molecule has 0 atom stereocenters. The van der Waals surface area contributed by atoms with Crippen molar-refractivity contribution in [2.45, 2.75) is 26.1 Å². The summed E-state index contributed by atoms with van der Waals surface area (Å²) < 4.78 is 37.7. The van der Waals surface area contributed by atoms with Gasteiger partial charge in [0.15, 0.2) is 0 Å². The molecule has 3 nitrogen and oxygen atoms in total. The number of hydrogen-bond donors (Lipinski definition) is 1. The largest absolute Gasteiger partial charge is 0.416 e. The molecular weight excluding hydrogens is 257 g/mol. The zero-order valence-corrected chi connectivity index (χ0v) is 10.7. The summed E-state index contributed by atoms with van der Waals surface area (Å²) >= 11 is 0. The molecule has 0 aromatic heterocycles. The van der Waals surface area contributed by atoms with E-state index in [1.165, 1.54) is 6.07 Å². The van der Waals surface area contributed by atoms with Gasteiger partial charge < -0.3 is 10.0 Å². The van der Waals surface area contributed by atoms with E-state index >= 15 is 0 Å². The molecule has 0 spiro atoms. The third-order valence-corrected chi connectivity index (χ3v) is 2.72. The summed E-state index contributed by atoms with van der Waals surface area (Å²) in [6.45, 7) is 3.81. The van der Waals surface area contributed by atoms with Crippen LogP contribution in [0.1, 0.15) is 25.0 Å². The van der Waals surface area contributed by atoms with Crippen molar-refractivity contribution in [3.8, 4) is 6.07 Å². The molecule has 0 saturated heterocycles. The molecule has 1 rings (SSSR count). The first-order valence-electron chi connectivity index (χ1n) is 5.80. The van der Waals surface area contributed by atoms with Gasteiger partial charge in [0.25, 0.3) is 0 Å². The zero-order valence-electron chi connectivity index (χ0n) is 10.7. The topological polar surface area (TPSA) is 47.3 Å². The molecule has 0 unspecified atom stereocenters. The van der Waals surface area contributed by atoms with Gasteiger partial charge in [-0.25, -0.2) is 0 Å². The van der Waals surface area contributed by atoms with Crippen molar-refractivity contribution < 1.29 is 18.3 Å². The van der Waals surface area contributed by atoms with Gasteiger partial charge in [0.05, 0.1) is 23.4 Å². The third kappa shape index (κ3) is 3.61. The van der Waals surface area contributed by atoms with Crippen molar-refractivity contribution in [2.24, 2.45) is 0 Å². The Kier molecular flexibility index (Phi) is 4.78. The van der Waals surface area contributed by atoms with Crippen molar-refractivity contribution in [1.29, 1.82) is 5.26 Å². The normalized spacial score (nSPS) is 11.5. The van der Waals surface area contributed by atoms with Crippen LogP contribution in [0.2, 0.25) is 0 Å². The second-order valence-electron chi connectivity index (χ2n) is 4.35. The molecule has 0 saturated carbocycles. The maximum atomic E-state index is 12.6. The van der Waals surface area contributed by atoms with Gasteiger partial charge in [-0.1, -0.05) is 0 Å². The van der Waals surface area contributed by atoms with Gasteiger partial charge in [0.2, 0.25) is 0 Å². The molecule has 0 bridgehead atoms. The van der Waals surface area contributed by atoms with Crippen molar-refractivity contribution in [3.63, 3.8) is 0 Å². The van der Waals surface area contributed by atoms with Crippen LogP contribution in [-0.4, -0.2) is 24.3 Å². The van der Waals surface area contributed by atoms with Crippen molar-refractivity contribution in [2.75, 3.05) is 18.1 Å². The molecule has 0 radical (unpaired) electrons. The molecule has 1 N–H and O–H groups in total. The van der Waals surface area contributed by atoms with Gasteiger partial charge in [-0.2, -0.15) is 18.4 Å². The summed E-state index contributed by atoms with van der Waals surface area (Å²) in [6.07, 6.45) is -4.47. The van der Waals surface area contributed by atoms with Gasteiger partial charge in [0.1, 0.15) is 6.07 Å².